The minimum atomic E-state index is -0.0243. The Hall–Kier alpha value is -1.88. The van der Waals surface area contributed by atoms with Gasteiger partial charge in [0.2, 0.25) is 11.8 Å². The zero-order valence-corrected chi connectivity index (χ0v) is 15.0. The normalized spacial score (nSPS) is 25.5. The van der Waals surface area contributed by atoms with Crippen molar-refractivity contribution < 1.29 is 14.3 Å². The highest BCUT2D eigenvalue weighted by atomic mass is 16.5. The van der Waals surface area contributed by atoms with E-state index in [1.807, 2.05) is 35.2 Å². The van der Waals surface area contributed by atoms with E-state index in [2.05, 4.69) is 5.32 Å². The lowest BCUT2D eigenvalue weighted by atomic mass is 9.76. The molecular formula is C20H28N2O3. The molecule has 1 spiro atoms. The Balaban J connectivity index is 1.59. The van der Waals surface area contributed by atoms with Crippen LogP contribution in [0.5, 0.6) is 0 Å². The van der Waals surface area contributed by atoms with Gasteiger partial charge in [-0.05, 0) is 24.8 Å². The van der Waals surface area contributed by atoms with Gasteiger partial charge in [0, 0.05) is 38.1 Å². The van der Waals surface area contributed by atoms with Gasteiger partial charge in [-0.2, -0.15) is 0 Å². The fraction of sp³-hybridized carbons (Fsp3) is 0.600. The van der Waals surface area contributed by atoms with Crippen molar-refractivity contribution in [2.24, 2.45) is 11.3 Å². The van der Waals surface area contributed by atoms with Gasteiger partial charge in [-0.25, -0.2) is 0 Å². The fourth-order valence-electron chi connectivity index (χ4n) is 4.43. The molecule has 5 nitrogen and oxygen atoms in total. The van der Waals surface area contributed by atoms with Crippen LogP contribution in [0.3, 0.4) is 0 Å². The predicted octanol–water partition coefficient (Wildman–Crippen LogP) is 2.01. The van der Waals surface area contributed by atoms with Crippen molar-refractivity contribution in [2.75, 3.05) is 33.4 Å². The third-order valence-corrected chi connectivity index (χ3v) is 5.76. The molecule has 0 bridgehead atoms. The summed E-state index contributed by atoms with van der Waals surface area (Å²) in [5.41, 5.74) is 1.03. The van der Waals surface area contributed by atoms with Crippen LogP contribution in [0.2, 0.25) is 0 Å². The number of nitrogens with zero attached hydrogens (tertiary/aromatic N) is 1. The van der Waals surface area contributed by atoms with Crippen molar-refractivity contribution >= 4 is 11.8 Å². The molecule has 3 rings (SSSR count). The third-order valence-electron chi connectivity index (χ3n) is 5.76. The lowest BCUT2D eigenvalue weighted by molar-refractivity contribution is -0.132. The first-order chi connectivity index (χ1) is 12.1. The van der Waals surface area contributed by atoms with E-state index in [0.29, 0.717) is 19.6 Å². The van der Waals surface area contributed by atoms with Gasteiger partial charge < -0.3 is 15.0 Å². The van der Waals surface area contributed by atoms with Gasteiger partial charge in [0.25, 0.3) is 0 Å². The summed E-state index contributed by atoms with van der Waals surface area (Å²) in [6, 6.07) is 9.87. The second-order valence-electron chi connectivity index (χ2n) is 7.32. The molecule has 1 aromatic carbocycles. The molecule has 1 aliphatic carbocycles. The van der Waals surface area contributed by atoms with Gasteiger partial charge >= 0.3 is 0 Å². The van der Waals surface area contributed by atoms with Gasteiger partial charge in [-0.3, -0.25) is 9.59 Å². The van der Waals surface area contributed by atoms with Crippen LogP contribution in [0.25, 0.3) is 0 Å². The van der Waals surface area contributed by atoms with Crippen LogP contribution in [-0.2, 0) is 20.7 Å². The van der Waals surface area contributed by atoms with Gasteiger partial charge in [-0.1, -0.05) is 36.8 Å². The van der Waals surface area contributed by atoms with Crippen LogP contribution in [0.1, 0.15) is 31.2 Å². The molecule has 25 heavy (non-hydrogen) atoms. The van der Waals surface area contributed by atoms with Crippen molar-refractivity contribution in [3.05, 3.63) is 35.9 Å². The van der Waals surface area contributed by atoms with Crippen molar-refractivity contribution in [3.63, 3.8) is 0 Å². The maximum absolute atomic E-state index is 12.7. The maximum Gasteiger partial charge on any atom is 0.227 e. The maximum atomic E-state index is 12.7. The molecule has 1 aliphatic heterocycles. The Morgan fingerprint density at radius 1 is 1.28 bits per heavy atom. The summed E-state index contributed by atoms with van der Waals surface area (Å²) in [7, 11) is 1.64. The van der Waals surface area contributed by atoms with Gasteiger partial charge in [-0.15, -0.1) is 0 Å². The van der Waals surface area contributed by atoms with Gasteiger partial charge in [0.1, 0.15) is 0 Å². The quantitative estimate of drug-likeness (QED) is 0.803. The molecule has 0 radical (unpaired) electrons. The monoisotopic (exact) mass is 344 g/mol. The van der Waals surface area contributed by atoms with E-state index in [0.717, 1.165) is 44.3 Å². The van der Waals surface area contributed by atoms with Gasteiger partial charge in [0.15, 0.2) is 0 Å². The highest BCUT2D eigenvalue weighted by Crippen LogP contribution is 2.49. The first-order valence-corrected chi connectivity index (χ1v) is 9.23. The predicted molar refractivity (Wildman–Crippen MR) is 96.0 cm³/mol. The standard InChI is InChI=1S/C20H28N2O3/c1-25-13-11-21-19(24)17-8-5-9-20(17)10-12-22(15-20)18(23)14-16-6-3-2-4-7-16/h2-4,6-7,17H,5,8-15H2,1H3,(H,21,24)/t17-,20+/m1/s1. The van der Waals surface area contributed by atoms with E-state index in [-0.39, 0.29) is 23.1 Å². The molecule has 1 saturated carbocycles. The summed E-state index contributed by atoms with van der Waals surface area (Å²) in [5.74, 6) is 0.333. The Morgan fingerprint density at radius 3 is 2.84 bits per heavy atom. The SMILES string of the molecule is COCCNC(=O)[C@H]1CCC[C@@]12CCN(C(=O)Cc1ccccc1)C2. The summed E-state index contributed by atoms with van der Waals surface area (Å²) in [6.07, 6.45) is 4.44. The second-order valence-corrected chi connectivity index (χ2v) is 7.32. The Morgan fingerprint density at radius 2 is 2.08 bits per heavy atom. The van der Waals surface area contributed by atoms with E-state index in [4.69, 9.17) is 4.74 Å². The van der Waals surface area contributed by atoms with Crippen LogP contribution in [0.15, 0.2) is 30.3 Å². The topological polar surface area (TPSA) is 58.6 Å². The van der Waals surface area contributed by atoms with Gasteiger partial charge in [0.05, 0.1) is 13.0 Å². The molecule has 2 aliphatic rings. The average molecular weight is 344 g/mol. The fourth-order valence-corrected chi connectivity index (χ4v) is 4.43. The van der Waals surface area contributed by atoms with E-state index >= 15 is 0 Å². The number of rotatable bonds is 6. The lowest BCUT2D eigenvalue weighted by Gasteiger charge is -2.30. The summed E-state index contributed by atoms with van der Waals surface area (Å²) in [6.45, 7) is 2.58. The number of likely N-dealkylation sites (tertiary alicyclic amines) is 1. The summed E-state index contributed by atoms with van der Waals surface area (Å²) in [4.78, 5) is 27.2. The molecule has 1 heterocycles. The molecule has 0 aromatic heterocycles. The van der Waals surface area contributed by atoms with Crippen LogP contribution in [-0.4, -0.2) is 50.1 Å². The highest BCUT2D eigenvalue weighted by Gasteiger charge is 2.51. The van der Waals surface area contributed by atoms with Crippen molar-refractivity contribution in [1.82, 2.24) is 10.2 Å². The van der Waals surface area contributed by atoms with Crippen molar-refractivity contribution in [1.29, 1.82) is 0 Å². The summed E-state index contributed by atoms with van der Waals surface area (Å²) >= 11 is 0. The van der Waals surface area contributed by atoms with E-state index in [1.165, 1.54) is 0 Å². The Kier molecular flexibility index (Phi) is 5.74. The zero-order chi connectivity index (χ0) is 17.7. The lowest BCUT2D eigenvalue weighted by Crippen LogP contribution is -2.42. The molecule has 136 valence electrons. The molecule has 5 heteroatoms. The molecule has 0 unspecified atom stereocenters. The number of nitrogens with one attached hydrogen (secondary N) is 1. The molecule has 2 fully saturated rings. The average Bonchev–Trinajstić information content (AvgIpc) is 3.23. The number of ether oxygens (including phenoxy) is 1. The first kappa shape index (κ1) is 17.9. The van der Waals surface area contributed by atoms with Crippen molar-refractivity contribution in [3.8, 4) is 0 Å². The van der Waals surface area contributed by atoms with Crippen molar-refractivity contribution in [2.45, 2.75) is 32.1 Å². The van der Waals surface area contributed by atoms with E-state index < -0.39 is 0 Å². The number of hydrogen-bond donors (Lipinski definition) is 1. The second kappa shape index (κ2) is 8.00. The van der Waals surface area contributed by atoms with Crippen LogP contribution in [0.4, 0.5) is 0 Å². The largest absolute Gasteiger partial charge is 0.383 e. The molecule has 1 N–H and O–H groups in total. The molecule has 2 amide bonds. The number of amides is 2. The first-order valence-electron chi connectivity index (χ1n) is 9.23. The number of carbonyl (C=O) groups excluding carboxylic acids is 2. The third kappa shape index (κ3) is 4.03. The molecule has 1 saturated heterocycles. The van der Waals surface area contributed by atoms with Crippen LogP contribution in [0, 0.1) is 11.3 Å². The minimum absolute atomic E-state index is 0.0243. The van der Waals surface area contributed by atoms with E-state index in [9.17, 15) is 9.59 Å². The zero-order valence-electron chi connectivity index (χ0n) is 15.0. The highest BCUT2D eigenvalue weighted by molar-refractivity contribution is 5.81. The minimum Gasteiger partial charge on any atom is -0.383 e. The Labute approximate surface area is 149 Å². The molecular weight excluding hydrogens is 316 g/mol. The summed E-state index contributed by atoms with van der Waals surface area (Å²) in [5, 5.41) is 2.99. The number of benzene rings is 1. The number of carbonyl (C=O) groups is 2. The molecule has 1 aromatic rings. The summed E-state index contributed by atoms with van der Waals surface area (Å²) < 4.78 is 5.01. The van der Waals surface area contributed by atoms with Crippen LogP contribution >= 0.6 is 0 Å². The van der Waals surface area contributed by atoms with E-state index in [1.54, 1.807) is 7.11 Å². The number of hydrogen-bond acceptors (Lipinski definition) is 3. The molecule has 2 atom stereocenters. The van der Waals surface area contributed by atoms with Crippen LogP contribution < -0.4 is 5.32 Å². The number of methoxy groups -OCH3 is 1. The smallest absolute Gasteiger partial charge is 0.227 e. The Bertz CT molecular complexity index is 604.